The quantitative estimate of drug-likeness (QED) is 0.382. The Morgan fingerprint density at radius 1 is 1.32 bits per heavy atom. The van der Waals surface area contributed by atoms with E-state index >= 15 is 0 Å². The minimum absolute atomic E-state index is 0.204. The fourth-order valence-corrected chi connectivity index (χ4v) is 5.60. The molecule has 2 heterocycles. The van der Waals surface area contributed by atoms with E-state index in [1.54, 1.807) is 17.4 Å². The first-order chi connectivity index (χ1) is 13.4. The highest BCUT2D eigenvalue weighted by Gasteiger charge is 2.23. The Labute approximate surface area is 177 Å². The van der Waals surface area contributed by atoms with Gasteiger partial charge in [-0.2, -0.15) is 0 Å². The number of methoxy groups -OCH3 is 1. The van der Waals surface area contributed by atoms with Gasteiger partial charge >= 0.3 is 5.97 Å². The zero-order valence-electron chi connectivity index (χ0n) is 16.0. The molecule has 1 aliphatic rings. The number of aryl methyl sites for hydroxylation is 1. The maximum atomic E-state index is 12.6. The molecule has 0 radical (unpaired) electrons. The monoisotopic (exact) mass is 437 g/mol. The van der Waals surface area contributed by atoms with Crippen LogP contribution in [0, 0.1) is 5.92 Å². The molecule has 2 aromatic rings. The lowest BCUT2D eigenvalue weighted by molar-refractivity contribution is 0.0602. The summed E-state index contributed by atoms with van der Waals surface area (Å²) in [5.41, 5.74) is 7.67. The molecule has 1 atom stereocenters. The van der Waals surface area contributed by atoms with Crippen LogP contribution < -0.4 is 16.2 Å². The molecule has 0 spiro atoms. The Morgan fingerprint density at radius 3 is 2.82 bits per heavy atom. The third-order valence-electron chi connectivity index (χ3n) is 4.70. The van der Waals surface area contributed by atoms with Gasteiger partial charge in [0.25, 0.3) is 5.91 Å². The average molecular weight is 438 g/mol. The van der Waals surface area contributed by atoms with Crippen molar-refractivity contribution in [3.05, 3.63) is 37.9 Å². The van der Waals surface area contributed by atoms with Gasteiger partial charge in [0.1, 0.15) is 5.00 Å². The Hall–Kier alpha value is -1.97. The molecule has 0 bridgehead atoms. The molecule has 1 amide bonds. The first-order valence-electron chi connectivity index (χ1n) is 9.10. The van der Waals surface area contributed by atoms with Gasteiger partial charge < -0.3 is 10.1 Å². The van der Waals surface area contributed by atoms with E-state index in [1.165, 1.54) is 23.3 Å². The van der Waals surface area contributed by atoms with E-state index in [0.29, 0.717) is 22.0 Å². The van der Waals surface area contributed by atoms with Crippen LogP contribution in [-0.2, 0) is 24.0 Å². The molecule has 28 heavy (non-hydrogen) atoms. The highest BCUT2D eigenvalue weighted by molar-refractivity contribution is 7.80. The van der Waals surface area contributed by atoms with E-state index in [4.69, 9.17) is 17.0 Å². The third kappa shape index (κ3) is 4.53. The predicted octanol–water partition coefficient (Wildman–Crippen LogP) is 3.91. The zero-order valence-corrected chi connectivity index (χ0v) is 18.5. The molecule has 6 nitrogen and oxygen atoms in total. The maximum absolute atomic E-state index is 12.6. The summed E-state index contributed by atoms with van der Waals surface area (Å²) in [5, 5.41) is 5.69. The molecule has 0 aromatic carbocycles. The Morgan fingerprint density at radius 2 is 2.11 bits per heavy atom. The molecule has 3 N–H and O–H groups in total. The summed E-state index contributed by atoms with van der Waals surface area (Å²) in [6, 6.07) is 1.79. The van der Waals surface area contributed by atoms with Crippen molar-refractivity contribution in [1.29, 1.82) is 0 Å². The first kappa shape index (κ1) is 20.8. The maximum Gasteiger partial charge on any atom is 0.340 e. The molecule has 0 fully saturated rings. The number of hydrogen-bond acceptors (Lipinski definition) is 6. The van der Waals surface area contributed by atoms with E-state index in [9.17, 15) is 9.59 Å². The largest absolute Gasteiger partial charge is 0.465 e. The summed E-state index contributed by atoms with van der Waals surface area (Å²) in [6.45, 7) is 4.25. The van der Waals surface area contributed by atoms with Gasteiger partial charge in [0.05, 0.1) is 18.2 Å². The number of hydrazine groups is 1. The predicted molar refractivity (Wildman–Crippen MR) is 117 cm³/mol. The zero-order chi connectivity index (χ0) is 20.3. The van der Waals surface area contributed by atoms with Crippen molar-refractivity contribution >= 4 is 56.9 Å². The molecule has 2 aromatic heterocycles. The van der Waals surface area contributed by atoms with Crippen LogP contribution in [0.2, 0.25) is 0 Å². The van der Waals surface area contributed by atoms with E-state index in [1.807, 2.05) is 12.3 Å². The number of hydrogen-bond donors (Lipinski definition) is 3. The molecule has 3 rings (SSSR count). The van der Waals surface area contributed by atoms with Crippen LogP contribution in [0.5, 0.6) is 0 Å². The first-order valence-corrected chi connectivity index (χ1v) is 11.2. The highest BCUT2D eigenvalue weighted by atomic mass is 32.1. The normalized spacial score (nSPS) is 15.5. The minimum atomic E-state index is -0.426. The second-order valence-electron chi connectivity index (χ2n) is 6.73. The Kier molecular flexibility index (Phi) is 6.69. The molecular formula is C19H23N3O3S3. The van der Waals surface area contributed by atoms with Crippen LogP contribution >= 0.6 is 34.9 Å². The topological polar surface area (TPSA) is 79.5 Å². The molecule has 0 saturated heterocycles. The van der Waals surface area contributed by atoms with Crippen LogP contribution in [0.1, 0.15) is 56.3 Å². The lowest BCUT2D eigenvalue weighted by atomic mass is 9.88. The summed E-state index contributed by atoms with van der Waals surface area (Å²) < 4.78 is 4.82. The number of carbonyl (C=O) groups excluding carboxylic acids is 2. The molecule has 1 unspecified atom stereocenters. The lowest BCUT2D eigenvalue weighted by Crippen LogP contribution is -2.44. The van der Waals surface area contributed by atoms with Crippen LogP contribution in [0.25, 0.3) is 0 Å². The van der Waals surface area contributed by atoms with Gasteiger partial charge in [0.15, 0.2) is 5.11 Å². The molecular weight excluding hydrogens is 414 g/mol. The van der Waals surface area contributed by atoms with Gasteiger partial charge in [-0.15, -0.1) is 22.7 Å². The van der Waals surface area contributed by atoms with Crippen LogP contribution in [-0.4, -0.2) is 24.1 Å². The van der Waals surface area contributed by atoms with Crippen molar-refractivity contribution in [2.75, 3.05) is 12.4 Å². The number of esters is 1. The lowest BCUT2D eigenvalue weighted by Gasteiger charge is -2.19. The van der Waals surface area contributed by atoms with Gasteiger partial charge in [-0.3, -0.25) is 15.6 Å². The average Bonchev–Trinajstić information content (AvgIpc) is 3.29. The number of fused-ring (bicyclic) bond motifs is 1. The fraction of sp³-hybridized carbons (Fsp3) is 0.421. The summed E-state index contributed by atoms with van der Waals surface area (Å²) in [4.78, 5) is 26.8. The van der Waals surface area contributed by atoms with E-state index in [2.05, 4.69) is 23.1 Å². The Balaban J connectivity index is 1.61. The van der Waals surface area contributed by atoms with E-state index in [0.717, 1.165) is 36.1 Å². The number of rotatable bonds is 4. The number of ether oxygens (including phenoxy) is 1. The summed E-state index contributed by atoms with van der Waals surface area (Å²) in [5.74, 6) is 0.0361. The summed E-state index contributed by atoms with van der Waals surface area (Å²) in [6.07, 6.45) is 3.87. The molecule has 9 heteroatoms. The van der Waals surface area contributed by atoms with Crippen molar-refractivity contribution in [2.24, 2.45) is 5.92 Å². The van der Waals surface area contributed by atoms with Gasteiger partial charge in [-0.25, -0.2) is 4.79 Å². The van der Waals surface area contributed by atoms with Crippen LogP contribution in [0.4, 0.5) is 5.00 Å². The second-order valence-corrected chi connectivity index (χ2v) is 9.24. The summed E-state index contributed by atoms with van der Waals surface area (Å²) >= 11 is 8.35. The highest BCUT2D eigenvalue weighted by Crippen LogP contribution is 2.32. The SMILES string of the molecule is CCc1cc(C(=O)OC)c(NC(=S)NNC(=O)c2csc3c2CCC(C)C3)s1. The smallest absolute Gasteiger partial charge is 0.340 e. The Bertz CT molecular complexity index is 904. The molecule has 0 saturated carbocycles. The number of carbonyl (C=O) groups is 2. The molecule has 0 aliphatic heterocycles. The van der Waals surface area contributed by atoms with Gasteiger partial charge in [-0.05, 0) is 55.4 Å². The number of anilines is 1. The molecule has 150 valence electrons. The van der Waals surface area contributed by atoms with Crippen LogP contribution in [0.15, 0.2) is 11.4 Å². The van der Waals surface area contributed by atoms with Gasteiger partial charge in [-0.1, -0.05) is 13.8 Å². The van der Waals surface area contributed by atoms with Gasteiger partial charge in [0.2, 0.25) is 0 Å². The third-order valence-corrected chi connectivity index (χ3v) is 7.15. The van der Waals surface area contributed by atoms with Crippen molar-refractivity contribution in [2.45, 2.75) is 39.5 Å². The standard InChI is InChI=1S/C19H23N3O3S3/c1-4-11-8-13(18(24)25-3)17(28-11)20-19(26)22-21-16(23)14-9-27-15-7-10(2)5-6-12(14)15/h8-10H,4-7H2,1-3H3,(H,21,23)(H2,20,22,26). The van der Waals surface area contributed by atoms with Crippen molar-refractivity contribution in [3.8, 4) is 0 Å². The van der Waals surface area contributed by atoms with Crippen molar-refractivity contribution in [1.82, 2.24) is 10.9 Å². The van der Waals surface area contributed by atoms with Crippen molar-refractivity contribution in [3.63, 3.8) is 0 Å². The second kappa shape index (κ2) is 9.02. The number of amides is 1. The minimum Gasteiger partial charge on any atom is -0.465 e. The summed E-state index contributed by atoms with van der Waals surface area (Å²) in [7, 11) is 1.34. The van der Waals surface area contributed by atoms with Gasteiger partial charge in [0, 0.05) is 15.1 Å². The van der Waals surface area contributed by atoms with Crippen molar-refractivity contribution < 1.29 is 14.3 Å². The molecule has 1 aliphatic carbocycles. The number of thiocarbonyl (C=S) groups is 1. The van der Waals surface area contributed by atoms with Crippen LogP contribution in [0.3, 0.4) is 0 Å². The van der Waals surface area contributed by atoms with E-state index in [-0.39, 0.29) is 11.0 Å². The van der Waals surface area contributed by atoms with E-state index < -0.39 is 5.97 Å². The number of thiophene rings is 2. The number of nitrogens with one attached hydrogen (secondary N) is 3. The fourth-order valence-electron chi connectivity index (χ4n) is 3.15.